The van der Waals surface area contributed by atoms with E-state index in [0.29, 0.717) is 0 Å². The van der Waals surface area contributed by atoms with Crippen LogP contribution < -0.4 is 5.73 Å². The zero-order chi connectivity index (χ0) is 17.1. The number of thioether (sulfide) groups is 1. The van der Waals surface area contributed by atoms with Gasteiger partial charge in [-0.1, -0.05) is 45.3 Å². The van der Waals surface area contributed by atoms with E-state index in [0.717, 1.165) is 11.8 Å². The van der Waals surface area contributed by atoms with Gasteiger partial charge in [0.05, 0.1) is 5.41 Å². The molecule has 3 rings (SSSR count). The van der Waals surface area contributed by atoms with Crippen molar-refractivity contribution in [3.05, 3.63) is 35.4 Å². The Kier molecular flexibility index (Phi) is 5.79. The molecule has 0 radical (unpaired) electrons. The van der Waals surface area contributed by atoms with E-state index in [9.17, 15) is 13.6 Å². The molecule has 2 aliphatic rings. The normalized spacial score (nSPS) is 23.7. The van der Waals surface area contributed by atoms with Crippen LogP contribution in [0.3, 0.4) is 0 Å². The minimum absolute atomic E-state index is 0.152. The van der Waals surface area contributed by atoms with Gasteiger partial charge in [0.25, 0.3) is 11.6 Å². The third kappa shape index (κ3) is 5.25. The maximum Gasteiger partial charge on any atom is 0.260 e. The van der Waals surface area contributed by atoms with Crippen LogP contribution in [-0.2, 0) is 17.6 Å². The second-order valence-electron chi connectivity index (χ2n) is 6.16. The quantitative estimate of drug-likeness (QED) is 0.822. The number of nitrogens with two attached hydrogens (primary N) is 1. The molecule has 126 valence electrons. The van der Waals surface area contributed by atoms with Gasteiger partial charge in [0.1, 0.15) is 0 Å². The van der Waals surface area contributed by atoms with E-state index in [2.05, 4.69) is 29.3 Å². The number of alkyl halides is 2. The van der Waals surface area contributed by atoms with Gasteiger partial charge in [-0.05, 0) is 37.3 Å². The third-order valence-corrected chi connectivity index (χ3v) is 5.28. The van der Waals surface area contributed by atoms with Crippen LogP contribution in [0.2, 0.25) is 0 Å². The monoisotopic (exact) mass is 358 g/mol. The molecule has 1 aromatic carbocycles. The fraction of sp³-hybridized carbons (Fsp3) is 0.500. The van der Waals surface area contributed by atoms with Crippen LogP contribution in [0.1, 0.15) is 30.9 Å². The number of carbonyl (C=O) groups is 1. The summed E-state index contributed by atoms with van der Waals surface area (Å²) in [6.45, 7) is 1.48. The first-order valence-corrected chi connectivity index (χ1v) is 9.01. The lowest BCUT2D eigenvalue weighted by atomic mass is 9.88. The molecular formula is C16H21F2N2OPS. The van der Waals surface area contributed by atoms with Crippen molar-refractivity contribution < 1.29 is 13.6 Å². The molecule has 2 unspecified atom stereocenters. The van der Waals surface area contributed by atoms with Gasteiger partial charge in [0.15, 0.2) is 5.17 Å². The smallest absolute Gasteiger partial charge is 0.260 e. The summed E-state index contributed by atoms with van der Waals surface area (Å²) in [4.78, 5) is 14.9. The lowest BCUT2D eigenvalue weighted by Crippen LogP contribution is -2.38. The zero-order valence-electron chi connectivity index (χ0n) is 13.0. The van der Waals surface area contributed by atoms with Gasteiger partial charge < -0.3 is 5.73 Å². The molecule has 0 fully saturated rings. The highest BCUT2D eigenvalue weighted by molar-refractivity contribution is 8.13. The molecule has 2 atom stereocenters. The maximum atomic E-state index is 12.7. The van der Waals surface area contributed by atoms with E-state index >= 15 is 0 Å². The molecule has 7 heteroatoms. The van der Waals surface area contributed by atoms with Gasteiger partial charge >= 0.3 is 0 Å². The number of fused-ring (bicyclic) bond motifs is 1. The van der Waals surface area contributed by atoms with Crippen LogP contribution in [0, 0.1) is 5.41 Å². The lowest BCUT2D eigenvalue weighted by Gasteiger charge is -2.30. The first-order valence-electron chi connectivity index (χ1n) is 7.44. The van der Waals surface area contributed by atoms with Gasteiger partial charge in [-0.15, -0.1) is 0 Å². The van der Waals surface area contributed by atoms with E-state index in [1.165, 1.54) is 35.4 Å². The van der Waals surface area contributed by atoms with Gasteiger partial charge in [-0.25, -0.2) is 8.78 Å². The van der Waals surface area contributed by atoms with Crippen molar-refractivity contribution >= 4 is 32.1 Å². The molecule has 0 saturated heterocycles. The maximum absolute atomic E-state index is 12.7. The molecule has 23 heavy (non-hydrogen) atoms. The molecule has 1 aliphatic heterocycles. The molecular weight excluding hydrogens is 337 g/mol. The average Bonchev–Trinajstić information content (AvgIpc) is 2.91. The van der Waals surface area contributed by atoms with E-state index in [1.807, 2.05) is 0 Å². The highest BCUT2D eigenvalue weighted by Crippen LogP contribution is 2.41. The number of rotatable bonds is 2. The molecule has 0 spiro atoms. The Hall–Kier alpha value is -1.00. The van der Waals surface area contributed by atoms with E-state index in [4.69, 9.17) is 5.73 Å². The predicted octanol–water partition coefficient (Wildman–Crippen LogP) is 3.61. The summed E-state index contributed by atoms with van der Waals surface area (Å²) in [7, 11) is 1.43. The Labute approximate surface area is 141 Å². The standard InChI is InChI=1S/C9H10.C7H11F2N2OPS/c1-2-5-9-7-3-6-8(9)4-1;1-6(2-7(8,9)13)3-14-5(10)11-4(6)12/h1-2,4-5H,3,6-7H2;2-3,13H2,1H3,(H2,10,11,12). The number of hydrogen-bond acceptors (Lipinski definition) is 3. The van der Waals surface area contributed by atoms with Crippen LogP contribution in [0.5, 0.6) is 0 Å². The average molecular weight is 358 g/mol. The van der Waals surface area contributed by atoms with Gasteiger partial charge in [0, 0.05) is 12.2 Å². The van der Waals surface area contributed by atoms with E-state index in [1.54, 1.807) is 11.1 Å². The SMILES string of the molecule is CC1(CC(F)(F)P)CSC(N)=NC1=O.c1ccc2c(c1)CCC2. The number of aliphatic imine (C=N–C) groups is 1. The fourth-order valence-electron chi connectivity index (χ4n) is 2.72. The van der Waals surface area contributed by atoms with Crippen molar-refractivity contribution in [2.45, 2.75) is 38.3 Å². The van der Waals surface area contributed by atoms with Crippen molar-refractivity contribution in [2.24, 2.45) is 16.1 Å². The Morgan fingerprint density at radius 2 is 1.91 bits per heavy atom. The van der Waals surface area contributed by atoms with Crippen LogP contribution in [0.15, 0.2) is 29.3 Å². The highest BCUT2D eigenvalue weighted by Gasteiger charge is 2.43. The molecule has 3 nitrogen and oxygen atoms in total. The number of benzene rings is 1. The van der Waals surface area contributed by atoms with E-state index in [-0.39, 0.29) is 10.9 Å². The molecule has 0 saturated carbocycles. The van der Waals surface area contributed by atoms with E-state index < -0.39 is 23.4 Å². The predicted molar refractivity (Wildman–Crippen MR) is 94.9 cm³/mol. The third-order valence-electron chi connectivity index (χ3n) is 3.90. The minimum Gasteiger partial charge on any atom is -0.378 e. The number of aryl methyl sites for hydroxylation is 2. The Bertz CT molecular complexity index is 595. The van der Waals surface area contributed by atoms with Crippen molar-refractivity contribution in [3.8, 4) is 0 Å². The van der Waals surface area contributed by atoms with Crippen molar-refractivity contribution in [1.82, 2.24) is 0 Å². The topological polar surface area (TPSA) is 55.4 Å². The summed E-state index contributed by atoms with van der Waals surface area (Å²) in [6.07, 6.45) is 3.44. The van der Waals surface area contributed by atoms with Crippen LogP contribution in [-0.4, -0.2) is 22.5 Å². The molecule has 2 N–H and O–H groups in total. The fourth-order valence-corrected chi connectivity index (χ4v) is 4.01. The lowest BCUT2D eigenvalue weighted by molar-refractivity contribution is -0.128. The number of halogens is 2. The largest absolute Gasteiger partial charge is 0.378 e. The molecule has 1 aliphatic carbocycles. The molecule has 0 bridgehead atoms. The summed E-state index contributed by atoms with van der Waals surface area (Å²) >= 11 is 1.13. The van der Waals surface area contributed by atoms with Crippen molar-refractivity contribution in [2.75, 3.05) is 5.75 Å². The summed E-state index contributed by atoms with van der Waals surface area (Å²) in [5.74, 6) is -0.304. The summed E-state index contributed by atoms with van der Waals surface area (Å²) in [5, 5.41) is 0.152. The van der Waals surface area contributed by atoms with Crippen LogP contribution in [0.25, 0.3) is 0 Å². The minimum atomic E-state index is -2.94. The van der Waals surface area contributed by atoms with Crippen LogP contribution in [0.4, 0.5) is 8.78 Å². The number of carbonyl (C=O) groups excluding carboxylic acids is 1. The summed E-state index contributed by atoms with van der Waals surface area (Å²) in [5.41, 5.74) is 4.39. The first-order chi connectivity index (χ1) is 10.7. The second-order valence-corrected chi connectivity index (χ2v) is 8.00. The zero-order valence-corrected chi connectivity index (χ0v) is 15.0. The molecule has 1 heterocycles. The van der Waals surface area contributed by atoms with Crippen molar-refractivity contribution in [1.29, 1.82) is 0 Å². The first kappa shape index (κ1) is 18.3. The summed E-state index contributed by atoms with van der Waals surface area (Å²) in [6, 6.07) is 8.74. The number of amides is 1. The highest BCUT2D eigenvalue weighted by atomic mass is 32.2. The number of nitrogens with zero attached hydrogens (tertiary/aromatic N) is 1. The Morgan fingerprint density at radius 1 is 1.35 bits per heavy atom. The Balaban J connectivity index is 0.000000182. The van der Waals surface area contributed by atoms with Crippen molar-refractivity contribution in [3.63, 3.8) is 0 Å². The van der Waals surface area contributed by atoms with Gasteiger partial charge in [-0.3, -0.25) is 4.79 Å². The molecule has 1 amide bonds. The second kappa shape index (κ2) is 7.27. The molecule has 1 aromatic rings. The van der Waals surface area contributed by atoms with Gasteiger partial charge in [0.2, 0.25) is 0 Å². The number of hydrogen-bond donors (Lipinski definition) is 1. The summed E-state index contributed by atoms with van der Waals surface area (Å²) < 4.78 is 25.5. The Morgan fingerprint density at radius 3 is 2.39 bits per heavy atom. The van der Waals surface area contributed by atoms with Crippen LogP contribution >= 0.6 is 21.0 Å². The number of amidine groups is 1. The molecule has 0 aromatic heterocycles. The van der Waals surface area contributed by atoms with Gasteiger partial charge in [-0.2, -0.15) is 4.99 Å².